The van der Waals surface area contributed by atoms with E-state index in [0.717, 1.165) is 37.4 Å². The third kappa shape index (κ3) is 5.13. The van der Waals surface area contributed by atoms with Gasteiger partial charge in [-0.1, -0.05) is 25.7 Å². The zero-order valence-corrected chi connectivity index (χ0v) is 14.3. The van der Waals surface area contributed by atoms with Crippen molar-refractivity contribution in [3.8, 4) is 0 Å². The molecule has 124 valence electrons. The van der Waals surface area contributed by atoms with E-state index < -0.39 is 0 Å². The highest BCUT2D eigenvalue weighted by Gasteiger charge is 2.25. The van der Waals surface area contributed by atoms with Crippen molar-refractivity contribution in [2.75, 3.05) is 27.2 Å². The lowest BCUT2D eigenvalue weighted by Gasteiger charge is -2.27. The van der Waals surface area contributed by atoms with E-state index in [2.05, 4.69) is 29.0 Å². The maximum absolute atomic E-state index is 12.9. The van der Waals surface area contributed by atoms with Gasteiger partial charge in [0.15, 0.2) is 0 Å². The van der Waals surface area contributed by atoms with Crippen molar-refractivity contribution in [3.63, 3.8) is 0 Å². The Morgan fingerprint density at radius 1 is 1.23 bits per heavy atom. The molecule has 1 aromatic rings. The van der Waals surface area contributed by atoms with Gasteiger partial charge in [-0.25, -0.2) is 4.98 Å². The Morgan fingerprint density at radius 2 is 1.91 bits per heavy atom. The summed E-state index contributed by atoms with van der Waals surface area (Å²) >= 11 is 0. The number of aromatic nitrogens is 2. The van der Waals surface area contributed by atoms with Gasteiger partial charge in [-0.2, -0.15) is 0 Å². The van der Waals surface area contributed by atoms with Crippen molar-refractivity contribution in [2.24, 2.45) is 5.92 Å². The Bertz CT molecular complexity index is 461. The Labute approximate surface area is 134 Å². The fraction of sp³-hybridized carbons (Fsp3) is 0.765. The van der Waals surface area contributed by atoms with Crippen LogP contribution in [0.2, 0.25) is 0 Å². The Hall–Kier alpha value is -1.36. The fourth-order valence-electron chi connectivity index (χ4n) is 3.13. The smallest absolute Gasteiger partial charge is 0.226 e. The van der Waals surface area contributed by atoms with Gasteiger partial charge >= 0.3 is 0 Å². The molecule has 1 aromatic heterocycles. The zero-order valence-electron chi connectivity index (χ0n) is 14.3. The van der Waals surface area contributed by atoms with Crippen LogP contribution in [0.1, 0.15) is 50.0 Å². The number of hydrogen-bond donors (Lipinski definition) is 1. The second kappa shape index (κ2) is 8.32. The molecule has 5 heteroatoms. The monoisotopic (exact) mass is 306 g/mol. The van der Waals surface area contributed by atoms with E-state index in [1.54, 1.807) is 0 Å². The molecule has 1 N–H and O–H groups in total. The predicted molar refractivity (Wildman–Crippen MR) is 88.5 cm³/mol. The number of rotatable bonds is 6. The highest BCUT2D eigenvalue weighted by Crippen LogP contribution is 2.25. The molecule has 0 radical (unpaired) electrons. The largest absolute Gasteiger partial charge is 0.345 e. The molecule has 0 unspecified atom stereocenters. The van der Waals surface area contributed by atoms with Gasteiger partial charge in [0.05, 0.1) is 18.4 Å². The summed E-state index contributed by atoms with van der Waals surface area (Å²) in [5.74, 6) is 1.45. The number of likely N-dealkylation sites (N-methyl/N-ethyl adjacent to an activating group) is 1. The van der Waals surface area contributed by atoms with Crippen LogP contribution >= 0.6 is 0 Å². The van der Waals surface area contributed by atoms with Gasteiger partial charge in [0, 0.05) is 19.0 Å². The van der Waals surface area contributed by atoms with Crippen molar-refractivity contribution >= 4 is 5.91 Å². The summed E-state index contributed by atoms with van der Waals surface area (Å²) in [6, 6.07) is 0. The van der Waals surface area contributed by atoms with Gasteiger partial charge < -0.3 is 14.8 Å². The highest BCUT2D eigenvalue weighted by molar-refractivity contribution is 5.78. The first-order valence-corrected chi connectivity index (χ1v) is 8.50. The zero-order chi connectivity index (χ0) is 15.9. The molecule has 0 spiro atoms. The summed E-state index contributed by atoms with van der Waals surface area (Å²) < 4.78 is 0. The number of aromatic amines is 1. The molecule has 0 aliphatic heterocycles. The molecule has 2 rings (SSSR count). The number of hydrogen-bond acceptors (Lipinski definition) is 3. The number of nitrogens with one attached hydrogen (secondary N) is 1. The second-order valence-electron chi connectivity index (χ2n) is 6.75. The van der Waals surface area contributed by atoms with E-state index in [1.165, 1.54) is 25.7 Å². The van der Waals surface area contributed by atoms with Crippen molar-refractivity contribution in [3.05, 3.63) is 17.7 Å². The molecular weight excluding hydrogens is 276 g/mol. The maximum Gasteiger partial charge on any atom is 0.226 e. The molecule has 22 heavy (non-hydrogen) atoms. The SMILES string of the molecule is Cc1ncc(CN(CCN(C)C)C(=O)C2CCCCCC2)[nH]1. The molecule has 0 aromatic carbocycles. The Balaban J connectivity index is 2.02. The van der Waals surface area contributed by atoms with Crippen LogP contribution in [0, 0.1) is 12.8 Å². The first-order chi connectivity index (χ1) is 10.6. The van der Waals surface area contributed by atoms with Gasteiger partial charge in [-0.15, -0.1) is 0 Å². The quantitative estimate of drug-likeness (QED) is 0.822. The van der Waals surface area contributed by atoms with Crippen molar-refractivity contribution in [2.45, 2.75) is 52.0 Å². The predicted octanol–water partition coefficient (Wildman–Crippen LogP) is 2.58. The first-order valence-electron chi connectivity index (χ1n) is 8.50. The van der Waals surface area contributed by atoms with Crippen molar-refractivity contribution in [1.29, 1.82) is 0 Å². The van der Waals surface area contributed by atoms with E-state index in [0.29, 0.717) is 12.5 Å². The average Bonchev–Trinajstić information content (AvgIpc) is 2.74. The van der Waals surface area contributed by atoms with Gasteiger partial charge in [0.1, 0.15) is 5.82 Å². The molecular formula is C17H30N4O. The lowest BCUT2D eigenvalue weighted by molar-refractivity contribution is -0.136. The van der Waals surface area contributed by atoms with Crippen molar-refractivity contribution < 1.29 is 4.79 Å². The van der Waals surface area contributed by atoms with E-state index >= 15 is 0 Å². The summed E-state index contributed by atoms with van der Waals surface area (Å²) in [4.78, 5) is 24.6. The lowest BCUT2D eigenvalue weighted by Crippen LogP contribution is -2.39. The topological polar surface area (TPSA) is 52.2 Å². The molecule has 1 amide bonds. The van der Waals surface area contributed by atoms with Gasteiger partial charge in [-0.3, -0.25) is 4.79 Å². The molecule has 0 bridgehead atoms. The van der Waals surface area contributed by atoms with Crippen LogP contribution in [0.25, 0.3) is 0 Å². The first kappa shape index (κ1) is 17.0. The number of carbonyl (C=O) groups is 1. The van der Waals surface area contributed by atoms with Crippen LogP contribution < -0.4 is 0 Å². The number of imidazole rings is 1. The van der Waals surface area contributed by atoms with Crippen LogP contribution in [0.3, 0.4) is 0 Å². The van der Waals surface area contributed by atoms with Crippen molar-refractivity contribution in [1.82, 2.24) is 19.8 Å². The molecule has 1 heterocycles. The number of H-pyrrole nitrogens is 1. The van der Waals surface area contributed by atoms with Crippen LogP contribution in [0.5, 0.6) is 0 Å². The third-order valence-corrected chi connectivity index (χ3v) is 4.45. The van der Waals surface area contributed by atoms with Gasteiger partial charge in [-0.05, 0) is 33.9 Å². The molecule has 1 aliphatic carbocycles. The fourth-order valence-corrected chi connectivity index (χ4v) is 3.13. The molecule has 0 atom stereocenters. The number of nitrogens with zero attached hydrogens (tertiary/aromatic N) is 3. The van der Waals surface area contributed by atoms with E-state index in [9.17, 15) is 4.79 Å². The summed E-state index contributed by atoms with van der Waals surface area (Å²) in [7, 11) is 4.10. The molecule has 0 saturated heterocycles. The Morgan fingerprint density at radius 3 is 2.45 bits per heavy atom. The summed E-state index contributed by atoms with van der Waals surface area (Å²) in [6.45, 7) is 4.26. The second-order valence-corrected chi connectivity index (χ2v) is 6.75. The molecule has 1 aliphatic rings. The van der Waals surface area contributed by atoms with E-state index in [4.69, 9.17) is 0 Å². The molecule has 5 nitrogen and oxygen atoms in total. The van der Waals surface area contributed by atoms with Gasteiger partial charge in [0.2, 0.25) is 5.91 Å². The summed E-state index contributed by atoms with van der Waals surface area (Å²) in [6.07, 6.45) is 8.90. The maximum atomic E-state index is 12.9. The Kier molecular flexibility index (Phi) is 6.43. The minimum absolute atomic E-state index is 0.216. The third-order valence-electron chi connectivity index (χ3n) is 4.45. The van der Waals surface area contributed by atoms with E-state index in [-0.39, 0.29) is 5.92 Å². The minimum Gasteiger partial charge on any atom is -0.345 e. The number of carbonyl (C=O) groups excluding carboxylic acids is 1. The van der Waals surface area contributed by atoms with Crippen LogP contribution in [0.4, 0.5) is 0 Å². The van der Waals surface area contributed by atoms with Gasteiger partial charge in [0.25, 0.3) is 0 Å². The van der Waals surface area contributed by atoms with Crippen LogP contribution in [0.15, 0.2) is 6.20 Å². The number of aryl methyl sites for hydroxylation is 1. The van der Waals surface area contributed by atoms with Crippen LogP contribution in [-0.4, -0.2) is 52.9 Å². The lowest BCUT2D eigenvalue weighted by atomic mass is 9.98. The van der Waals surface area contributed by atoms with E-state index in [1.807, 2.05) is 18.0 Å². The summed E-state index contributed by atoms with van der Waals surface area (Å²) in [5.41, 5.74) is 1.03. The summed E-state index contributed by atoms with van der Waals surface area (Å²) in [5, 5.41) is 0. The molecule has 1 fully saturated rings. The normalized spacial score (nSPS) is 16.7. The standard InChI is InChI=1S/C17H30N4O/c1-14-18-12-16(19-14)13-21(11-10-20(2)3)17(22)15-8-6-4-5-7-9-15/h12,15H,4-11,13H2,1-3H3,(H,18,19). The highest BCUT2D eigenvalue weighted by atomic mass is 16.2. The minimum atomic E-state index is 0.216. The molecule has 1 saturated carbocycles. The van der Waals surface area contributed by atoms with Crippen LogP contribution in [-0.2, 0) is 11.3 Å². The number of amides is 1. The average molecular weight is 306 g/mol.